The fraction of sp³-hybridized carbons (Fsp3) is 0.143. The van der Waals surface area contributed by atoms with Crippen molar-refractivity contribution < 1.29 is 9.59 Å². The summed E-state index contributed by atoms with van der Waals surface area (Å²) in [5.74, 6) is 0. The highest BCUT2D eigenvalue weighted by Gasteiger charge is 2.09. The van der Waals surface area contributed by atoms with Gasteiger partial charge in [0.25, 0.3) is 0 Å². The van der Waals surface area contributed by atoms with Crippen molar-refractivity contribution in [1.82, 2.24) is 4.57 Å². The van der Waals surface area contributed by atoms with E-state index in [1.807, 2.05) is 35.9 Å². The second kappa shape index (κ2) is 4.78. The Morgan fingerprint density at radius 1 is 1.06 bits per heavy atom. The molecule has 0 bridgehead atoms. The number of rotatable bonds is 4. The van der Waals surface area contributed by atoms with Gasteiger partial charge in [0.1, 0.15) is 6.29 Å². The van der Waals surface area contributed by atoms with Crippen LogP contribution in [0.15, 0.2) is 36.5 Å². The molecule has 1 aromatic heterocycles. The van der Waals surface area contributed by atoms with Crippen LogP contribution in [0.4, 0.5) is 0 Å². The molecular formula is C14H13NO2. The molecule has 0 aliphatic rings. The maximum atomic E-state index is 11.1. The highest BCUT2D eigenvalue weighted by Crippen LogP contribution is 2.24. The van der Waals surface area contributed by atoms with Gasteiger partial charge in [0, 0.05) is 23.9 Å². The van der Waals surface area contributed by atoms with E-state index in [-0.39, 0.29) is 0 Å². The number of benzene rings is 1. The highest BCUT2D eigenvalue weighted by molar-refractivity contribution is 5.86. The molecule has 2 rings (SSSR count). The lowest BCUT2D eigenvalue weighted by molar-refractivity contribution is 0.111. The zero-order valence-corrected chi connectivity index (χ0v) is 9.59. The summed E-state index contributed by atoms with van der Waals surface area (Å²) in [6, 6.07) is 9.13. The van der Waals surface area contributed by atoms with Crippen LogP contribution >= 0.6 is 0 Å². The number of nitrogens with zero attached hydrogens (tertiary/aromatic N) is 1. The third-order valence-corrected chi connectivity index (χ3v) is 2.82. The molecule has 0 amide bonds. The van der Waals surface area contributed by atoms with Gasteiger partial charge in [-0.2, -0.15) is 0 Å². The SMILES string of the molecule is CCn1ccc(-c2ccc(C=O)cc2)c1C=O. The first kappa shape index (κ1) is 11.3. The third-order valence-electron chi connectivity index (χ3n) is 2.82. The van der Waals surface area contributed by atoms with Crippen molar-refractivity contribution in [1.29, 1.82) is 0 Å². The largest absolute Gasteiger partial charge is 0.345 e. The predicted octanol–water partition coefficient (Wildman–Crippen LogP) is 2.80. The zero-order valence-electron chi connectivity index (χ0n) is 9.59. The minimum absolute atomic E-state index is 0.635. The second-order valence-electron chi connectivity index (χ2n) is 3.76. The molecular weight excluding hydrogens is 214 g/mol. The Kier molecular flexibility index (Phi) is 3.19. The van der Waals surface area contributed by atoms with Crippen molar-refractivity contribution in [2.24, 2.45) is 0 Å². The molecule has 0 saturated heterocycles. The van der Waals surface area contributed by atoms with E-state index in [0.29, 0.717) is 11.3 Å². The third kappa shape index (κ3) is 2.04. The van der Waals surface area contributed by atoms with Crippen molar-refractivity contribution in [3.8, 4) is 11.1 Å². The molecule has 0 atom stereocenters. The number of hydrogen-bond donors (Lipinski definition) is 0. The first-order valence-corrected chi connectivity index (χ1v) is 5.50. The predicted molar refractivity (Wildman–Crippen MR) is 66.3 cm³/mol. The van der Waals surface area contributed by atoms with Crippen molar-refractivity contribution in [2.75, 3.05) is 0 Å². The monoisotopic (exact) mass is 227 g/mol. The number of hydrogen-bond acceptors (Lipinski definition) is 2. The van der Waals surface area contributed by atoms with E-state index in [4.69, 9.17) is 0 Å². The molecule has 0 aliphatic heterocycles. The molecule has 0 spiro atoms. The maximum absolute atomic E-state index is 11.1. The Morgan fingerprint density at radius 3 is 2.29 bits per heavy atom. The van der Waals surface area contributed by atoms with Crippen molar-refractivity contribution in [3.63, 3.8) is 0 Å². The smallest absolute Gasteiger partial charge is 0.167 e. The van der Waals surface area contributed by atoms with Gasteiger partial charge in [-0.1, -0.05) is 24.3 Å². The van der Waals surface area contributed by atoms with Crippen LogP contribution in [0.5, 0.6) is 0 Å². The van der Waals surface area contributed by atoms with E-state index < -0.39 is 0 Å². The highest BCUT2D eigenvalue weighted by atomic mass is 16.1. The lowest BCUT2D eigenvalue weighted by Gasteiger charge is -2.03. The summed E-state index contributed by atoms with van der Waals surface area (Å²) in [4.78, 5) is 21.7. The van der Waals surface area contributed by atoms with E-state index in [9.17, 15) is 9.59 Å². The van der Waals surface area contributed by atoms with Crippen molar-refractivity contribution >= 4 is 12.6 Å². The molecule has 1 aromatic carbocycles. The van der Waals surface area contributed by atoms with E-state index in [1.54, 1.807) is 12.1 Å². The van der Waals surface area contributed by atoms with Crippen molar-refractivity contribution in [2.45, 2.75) is 13.5 Å². The number of carbonyl (C=O) groups excluding carboxylic acids is 2. The normalized spacial score (nSPS) is 10.2. The van der Waals surface area contributed by atoms with E-state index in [2.05, 4.69) is 0 Å². The molecule has 3 heteroatoms. The van der Waals surface area contributed by atoms with Crippen molar-refractivity contribution in [3.05, 3.63) is 47.8 Å². The molecule has 1 heterocycles. The topological polar surface area (TPSA) is 39.1 Å². The summed E-state index contributed by atoms with van der Waals surface area (Å²) in [5, 5.41) is 0. The van der Waals surface area contributed by atoms with Gasteiger partial charge in [-0.25, -0.2) is 0 Å². The van der Waals surface area contributed by atoms with E-state index >= 15 is 0 Å². The van der Waals surface area contributed by atoms with Gasteiger partial charge in [-0.05, 0) is 18.6 Å². The Hall–Kier alpha value is -2.16. The average Bonchev–Trinajstić information content (AvgIpc) is 2.81. The van der Waals surface area contributed by atoms with Crippen LogP contribution in [0, 0.1) is 0 Å². The first-order chi connectivity index (χ1) is 8.30. The number of carbonyl (C=O) groups is 2. The summed E-state index contributed by atoms with van der Waals surface area (Å²) in [7, 11) is 0. The molecule has 3 nitrogen and oxygen atoms in total. The van der Waals surface area contributed by atoms with Crippen LogP contribution in [0.25, 0.3) is 11.1 Å². The van der Waals surface area contributed by atoms with Gasteiger partial charge in [-0.3, -0.25) is 9.59 Å². The first-order valence-electron chi connectivity index (χ1n) is 5.50. The molecule has 0 unspecified atom stereocenters. The Morgan fingerprint density at radius 2 is 1.76 bits per heavy atom. The average molecular weight is 227 g/mol. The summed E-state index contributed by atoms with van der Waals surface area (Å²) >= 11 is 0. The summed E-state index contributed by atoms with van der Waals surface area (Å²) < 4.78 is 1.90. The Balaban J connectivity index is 2.48. The summed E-state index contributed by atoms with van der Waals surface area (Å²) in [6.07, 6.45) is 3.57. The van der Waals surface area contributed by atoms with Gasteiger partial charge in [0.2, 0.25) is 0 Å². The maximum Gasteiger partial charge on any atom is 0.167 e. The second-order valence-corrected chi connectivity index (χ2v) is 3.76. The van der Waals surface area contributed by atoms with E-state index in [1.165, 1.54) is 0 Å². The van der Waals surface area contributed by atoms with Crippen LogP contribution in [-0.2, 0) is 6.54 Å². The molecule has 0 saturated carbocycles. The zero-order chi connectivity index (χ0) is 12.3. The fourth-order valence-electron chi connectivity index (χ4n) is 1.88. The van der Waals surface area contributed by atoms with E-state index in [0.717, 1.165) is 30.2 Å². The lowest BCUT2D eigenvalue weighted by Crippen LogP contribution is -1.98. The van der Waals surface area contributed by atoms with Gasteiger partial charge in [-0.15, -0.1) is 0 Å². The summed E-state index contributed by atoms with van der Waals surface area (Å²) in [5.41, 5.74) is 3.16. The molecule has 86 valence electrons. The van der Waals surface area contributed by atoms with Gasteiger partial charge >= 0.3 is 0 Å². The van der Waals surface area contributed by atoms with Crippen LogP contribution in [0.3, 0.4) is 0 Å². The van der Waals surface area contributed by atoms with Crippen LogP contribution in [0.2, 0.25) is 0 Å². The van der Waals surface area contributed by atoms with Crippen LogP contribution in [0.1, 0.15) is 27.8 Å². The minimum atomic E-state index is 0.635. The molecule has 0 aliphatic carbocycles. The lowest BCUT2D eigenvalue weighted by atomic mass is 10.0. The molecule has 0 fully saturated rings. The molecule has 2 aromatic rings. The van der Waals surface area contributed by atoms with Crippen LogP contribution < -0.4 is 0 Å². The molecule has 0 N–H and O–H groups in total. The fourth-order valence-corrected chi connectivity index (χ4v) is 1.88. The molecule has 17 heavy (non-hydrogen) atoms. The Bertz CT molecular complexity index is 538. The Labute approximate surface area is 99.7 Å². The number of aldehydes is 2. The number of aromatic nitrogens is 1. The van der Waals surface area contributed by atoms with Gasteiger partial charge in [0.05, 0.1) is 5.69 Å². The standard InChI is InChI=1S/C14H13NO2/c1-2-15-8-7-13(14(15)10-17)12-5-3-11(9-16)4-6-12/h3-10H,2H2,1H3. The van der Waals surface area contributed by atoms with Crippen LogP contribution in [-0.4, -0.2) is 17.1 Å². The molecule has 0 radical (unpaired) electrons. The van der Waals surface area contributed by atoms with Gasteiger partial charge in [0.15, 0.2) is 6.29 Å². The summed E-state index contributed by atoms with van der Waals surface area (Å²) in [6.45, 7) is 2.76. The minimum Gasteiger partial charge on any atom is -0.345 e. The quantitative estimate of drug-likeness (QED) is 0.753. The number of aryl methyl sites for hydroxylation is 1. The van der Waals surface area contributed by atoms with Gasteiger partial charge < -0.3 is 4.57 Å².